The van der Waals surface area contributed by atoms with Crippen LogP contribution in [0.1, 0.15) is 0 Å². The van der Waals surface area contributed by atoms with Crippen LogP contribution < -0.4 is 4.57 Å². The summed E-state index contributed by atoms with van der Waals surface area (Å²) in [5.74, 6) is 0.0697. The van der Waals surface area contributed by atoms with Gasteiger partial charge in [-0.15, -0.1) is 0 Å². The maximum absolute atomic E-state index is 12.1. The van der Waals surface area contributed by atoms with Crippen molar-refractivity contribution in [3.8, 4) is 0 Å². The Morgan fingerprint density at radius 3 is 2.33 bits per heavy atom. The lowest BCUT2D eigenvalue weighted by atomic mass is 10.4. The molecular weight excluding hydrogens is 234 g/mol. The predicted octanol–water partition coefficient (Wildman–Crippen LogP) is -0.566. The molecule has 0 aliphatic rings. The van der Waals surface area contributed by atoms with Crippen molar-refractivity contribution in [2.45, 2.75) is 6.54 Å². The van der Waals surface area contributed by atoms with Crippen molar-refractivity contribution in [1.82, 2.24) is 9.47 Å². The van der Waals surface area contributed by atoms with E-state index in [9.17, 15) is 4.79 Å². The summed E-state index contributed by atoms with van der Waals surface area (Å²) in [7, 11) is 5.18. The van der Waals surface area contributed by atoms with Gasteiger partial charge in [0.1, 0.15) is 12.4 Å². The summed E-state index contributed by atoms with van der Waals surface area (Å²) in [5, 5.41) is 0. The number of hydrogen-bond donors (Lipinski definition) is 0. The highest BCUT2D eigenvalue weighted by Crippen LogP contribution is 1.92. The van der Waals surface area contributed by atoms with E-state index in [0.717, 1.165) is 0 Å². The third kappa shape index (κ3) is 4.85. The number of carbonyl (C=O) groups is 1. The van der Waals surface area contributed by atoms with Gasteiger partial charge >= 0.3 is 0 Å². The molecule has 6 heteroatoms. The Morgan fingerprint density at radius 2 is 1.89 bits per heavy atom. The SMILES string of the molecule is COCCN(CCOC)C(=O)C[n+]1ccn(C)c1. The third-order valence-corrected chi connectivity index (χ3v) is 2.62. The fraction of sp³-hybridized carbons (Fsp3) is 0.667. The second kappa shape index (κ2) is 7.84. The fourth-order valence-electron chi connectivity index (χ4n) is 1.62. The number of ether oxygens (including phenoxy) is 2. The van der Waals surface area contributed by atoms with Crippen LogP contribution in [0.3, 0.4) is 0 Å². The number of aromatic nitrogens is 2. The first-order chi connectivity index (χ1) is 8.67. The lowest BCUT2D eigenvalue weighted by Gasteiger charge is -2.21. The predicted molar refractivity (Wildman–Crippen MR) is 65.9 cm³/mol. The molecule has 1 rings (SSSR count). The molecule has 0 unspecified atom stereocenters. The van der Waals surface area contributed by atoms with Gasteiger partial charge in [0.15, 0.2) is 6.54 Å². The Kier molecular flexibility index (Phi) is 6.38. The minimum Gasteiger partial charge on any atom is -0.383 e. The van der Waals surface area contributed by atoms with Gasteiger partial charge in [-0.2, -0.15) is 0 Å². The van der Waals surface area contributed by atoms with Crippen molar-refractivity contribution >= 4 is 5.91 Å². The molecule has 0 N–H and O–H groups in total. The minimum absolute atomic E-state index is 0.0697. The van der Waals surface area contributed by atoms with E-state index in [4.69, 9.17) is 9.47 Å². The maximum atomic E-state index is 12.1. The zero-order valence-electron chi connectivity index (χ0n) is 11.3. The molecular formula is C12H22N3O3+. The molecule has 1 aromatic rings. The van der Waals surface area contributed by atoms with Gasteiger partial charge in [-0.1, -0.05) is 0 Å². The highest BCUT2D eigenvalue weighted by Gasteiger charge is 2.16. The second-order valence-electron chi connectivity index (χ2n) is 4.12. The van der Waals surface area contributed by atoms with Crippen LogP contribution in [0.5, 0.6) is 0 Å². The van der Waals surface area contributed by atoms with Crippen LogP contribution in [0, 0.1) is 0 Å². The summed E-state index contributed by atoms with van der Waals surface area (Å²) < 4.78 is 13.8. The number of carbonyl (C=O) groups excluding carboxylic acids is 1. The molecule has 0 radical (unpaired) electrons. The molecule has 0 saturated heterocycles. The zero-order valence-corrected chi connectivity index (χ0v) is 11.3. The normalized spacial score (nSPS) is 10.6. The summed E-state index contributed by atoms with van der Waals surface area (Å²) in [6.45, 7) is 2.59. The Balaban J connectivity index is 2.51. The number of hydrogen-bond acceptors (Lipinski definition) is 3. The molecule has 0 aliphatic heterocycles. The number of imidazole rings is 1. The minimum atomic E-state index is 0.0697. The van der Waals surface area contributed by atoms with Gasteiger partial charge in [0.05, 0.1) is 20.3 Å². The van der Waals surface area contributed by atoms with Gasteiger partial charge in [-0.25, -0.2) is 9.13 Å². The molecule has 102 valence electrons. The molecule has 18 heavy (non-hydrogen) atoms. The van der Waals surface area contributed by atoms with Crippen LogP contribution in [0.2, 0.25) is 0 Å². The molecule has 0 bridgehead atoms. The summed E-state index contributed by atoms with van der Waals surface area (Å²) in [4.78, 5) is 13.9. The molecule has 0 aromatic carbocycles. The topological polar surface area (TPSA) is 47.6 Å². The van der Waals surface area contributed by atoms with Gasteiger partial charge in [0.2, 0.25) is 6.33 Å². The Morgan fingerprint density at radius 1 is 1.28 bits per heavy atom. The number of rotatable bonds is 8. The molecule has 0 fully saturated rings. The van der Waals surface area contributed by atoms with Crippen LogP contribution in [-0.4, -0.2) is 55.9 Å². The maximum Gasteiger partial charge on any atom is 0.264 e. The molecule has 0 saturated carbocycles. The largest absolute Gasteiger partial charge is 0.383 e. The van der Waals surface area contributed by atoms with Gasteiger partial charge in [0, 0.05) is 27.3 Å². The van der Waals surface area contributed by atoms with Crippen molar-refractivity contribution < 1.29 is 18.8 Å². The van der Waals surface area contributed by atoms with E-state index in [2.05, 4.69) is 0 Å². The van der Waals surface area contributed by atoms with Gasteiger partial charge < -0.3 is 14.4 Å². The molecule has 6 nitrogen and oxygen atoms in total. The monoisotopic (exact) mass is 256 g/mol. The van der Waals surface area contributed by atoms with Gasteiger partial charge in [-0.05, 0) is 0 Å². The zero-order chi connectivity index (χ0) is 13.4. The highest BCUT2D eigenvalue weighted by atomic mass is 16.5. The van der Waals surface area contributed by atoms with E-state index < -0.39 is 0 Å². The van der Waals surface area contributed by atoms with Gasteiger partial charge in [0.25, 0.3) is 5.91 Å². The number of methoxy groups -OCH3 is 2. The number of nitrogens with zero attached hydrogens (tertiary/aromatic N) is 3. The van der Waals surface area contributed by atoms with Crippen LogP contribution in [-0.2, 0) is 27.9 Å². The van der Waals surface area contributed by atoms with E-state index in [1.165, 1.54) is 0 Å². The smallest absolute Gasteiger partial charge is 0.264 e. The average molecular weight is 256 g/mol. The quantitative estimate of drug-likeness (QED) is 0.586. The second-order valence-corrected chi connectivity index (χ2v) is 4.12. The Labute approximate surface area is 108 Å². The molecule has 1 heterocycles. The van der Waals surface area contributed by atoms with Crippen LogP contribution >= 0.6 is 0 Å². The van der Waals surface area contributed by atoms with E-state index in [-0.39, 0.29) is 5.91 Å². The van der Waals surface area contributed by atoms with Crippen molar-refractivity contribution in [2.24, 2.45) is 7.05 Å². The van der Waals surface area contributed by atoms with E-state index in [0.29, 0.717) is 32.8 Å². The van der Waals surface area contributed by atoms with Crippen molar-refractivity contribution in [2.75, 3.05) is 40.5 Å². The lowest BCUT2D eigenvalue weighted by Crippen LogP contribution is -2.45. The van der Waals surface area contributed by atoms with Crippen LogP contribution in [0.15, 0.2) is 18.7 Å². The first-order valence-electron chi connectivity index (χ1n) is 5.94. The van der Waals surface area contributed by atoms with Crippen molar-refractivity contribution in [3.05, 3.63) is 18.7 Å². The number of aryl methyl sites for hydroxylation is 1. The summed E-state index contributed by atoms with van der Waals surface area (Å²) >= 11 is 0. The van der Waals surface area contributed by atoms with Crippen LogP contribution in [0.4, 0.5) is 0 Å². The highest BCUT2D eigenvalue weighted by molar-refractivity contribution is 5.74. The van der Waals surface area contributed by atoms with Crippen molar-refractivity contribution in [1.29, 1.82) is 0 Å². The molecule has 1 amide bonds. The summed E-state index contributed by atoms with van der Waals surface area (Å²) in [6, 6.07) is 0. The average Bonchev–Trinajstić information content (AvgIpc) is 2.75. The molecule has 1 aromatic heterocycles. The van der Waals surface area contributed by atoms with Crippen molar-refractivity contribution in [3.63, 3.8) is 0 Å². The first kappa shape index (κ1) is 14.7. The lowest BCUT2D eigenvalue weighted by molar-refractivity contribution is -0.684. The standard InChI is InChI=1S/C12H22N3O3/c1-13-4-5-14(11-13)10-12(16)15(6-8-17-2)7-9-18-3/h4-5,11H,6-10H2,1-3H3/q+1. The van der Waals surface area contributed by atoms with Gasteiger partial charge in [-0.3, -0.25) is 4.79 Å². The summed E-state index contributed by atoms with van der Waals surface area (Å²) in [6.07, 6.45) is 5.66. The Bertz CT molecular complexity index is 357. The third-order valence-electron chi connectivity index (χ3n) is 2.62. The number of amides is 1. The fourth-order valence-corrected chi connectivity index (χ4v) is 1.62. The van der Waals surface area contributed by atoms with E-state index in [1.807, 2.05) is 34.9 Å². The first-order valence-corrected chi connectivity index (χ1v) is 5.94. The van der Waals surface area contributed by atoms with Crippen LogP contribution in [0.25, 0.3) is 0 Å². The molecule has 0 aliphatic carbocycles. The van der Waals surface area contributed by atoms with E-state index in [1.54, 1.807) is 19.1 Å². The molecule has 0 atom stereocenters. The summed E-state index contributed by atoms with van der Waals surface area (Å²) in [5.41, 5.74) is 0. The van der Waals surface area contributed by atoms with E-state index >= 15 is 0 Å². The molecule has 0 spiro atoms. The Hall–Kier alpha value is -1.40.